The fourth-order valence-corrected chi connectivity index (χ4v) is 2.08. The molecule has 1 fully saturated rings. The van der Waals surface area contributed by atoms with Gasteiger partial charge in [-0.2, -0.15) is 0 Å². The van der Waals surface area contributed by atoms with Crippen molar-refractivity contribution < 1.29 is 9.84 Å². The molecule has 5 heteroatoms. The lowest BCUT2D eigenvalue weighted by Gasteiger charge is -2.30. The Bertz CT molecular complexity index is 398. The van der Waals surface area contributed by atoms with Crippen LogP contribution in [0.25, 0.3) is 0 Å². The van der Waals surface area contributed by atoms with Crippen LogP contribution in [0.2, 0.25) is 0 Å². The van der Waals surface area contributed by atoms with E-state index in [-0.39, 0.29) is 11.9 Å². The lowest BCUT2D eigenvalue weighted by molar-refractivity contribution is -0.0182. The SMILES string of the molecule is Cc1ccc(O)c(CNC[C@H]2CN(C)CCO2)n1. The molecule has 0 aromatic carbocycles. The lowest BCUT2D eigenvalue weighted by Crippen LogP contribution is -2.44. The summed E-state index contributed by atoms with van der Waals surface area (Å²) in [6.07, 6.45) is 0.218. The molecule has 2 rings (SSSR count). The minimum Gasteiger partial charge on any atom is -0.506 e. The van der Waals surface area contributed by atoms with E-state index in [0.717, 1.165) is 31.9 Å². The molecule has 100 valence electrons. The fraction of sp³-hybridized carbons (Fsp3) is 0.615. The third kappa shape index (κ3) is 3.66. The Labute approximate surface area is 108 Å². The molecular weight excluding hydrogens is 230 g/mol. The summed E-state index contributed by atoms with van der Waals surface area (Å²) in [6.45, 7) is 5.99. The third-order valence-electron chi connectivity index (χ3n) is 3.10. The van der Waals surface area contributed by atoms with Crippen LogP contribution in [0.5, 0.6) is 5.75 Å². The molecule has 1 aromatic rings. The van der Waals surface area contributed by atoms with Crippen LogP contribution >= 0.6 is 0 Å². The number of hydrogen-bond acceptors (Lipinski definition) is 5. The van der Waals surface area contributed by atoms with E-state index in [1.807, 2.05) is 6.92 Å². The smallest absolute Gasteiger partial charge is 0.138 e. The molecule has 2 heterocycles. The number of aromatic hydroxyl groups is 1. The van der Waals surface area contributed by atoms with Crippen molar-refractivity contribution in [3.63, 3.8) is 0 Å². The summed E-state index contributed by atoms with van der Waals surface area (Å²) in [5.74, 6) is 0.245. The number of morpholine rings is 1. The van der Waals surface area contributed by atoms with E-state index in [4.69, 9.17) is 4.74 Å². The van der Waals surface area contributed by atoms with Crippen LogP contribution in [0, 0.1) is 6.92 Å². The molecule has 1 aliphatic rings. The molecule has 1 atom stereocenters. The number of nitrogens with one attached hydrogen (secondary N) is 1. The summed E-state index contributed by atoms with van der Waals surface area (Å²) in [5.41, 5.74) is 1.61. The number of likely N-dealkylation sites (N-methyl/N-ethyl adjacent to an activating group) is 1. The number of aromatic nitrogens is 1. The van der Waals surface area contributed by atoms with Crippen LogP contribution in [0.15, 0.2) is 12.1 Å². The van der Waals surface area contributed by atoms with Crippen molar-refractivity contribution in [3.05, 3.63) is 23.5 Å². The summed E-state index contributed by atoms with van der Waals surface area (Å²) in [5, 5.41) is 13.0. The van der Waals surface area contributed by atoms with Gasteiger partial charge in [0.1, 0.15) is 5.75 Å². The van der Waals surface area contributed by atoms with Crippen molar-refractivity contribution in [2.45, 2.75) is 19.6 Å². The van der Waals surface area contributed by atoms with Gasteiger partial charge in [-0.3, -0.25) is 4.98 Å². The molecule has 0 amide bonds. The van der Waals surface area contributed by atoms with E-state index in [0.29, 0.717) is 12.2 Å². The van der Waals surface area contributed by atoms with Crippen LogP contribution in [-0.2, 0) is 11.3 Å². The second-order valence-electron chi connectivity index (χ2n) is 4.80. The molecule has 0 radical (unpaired) electrons. The maximum Gasteiger partial charge on any atom is 0.138 e. The van der Waals surface area contributed by atoms with E-state index in [9.17, 15) is 5.11 Å². The summed E-state index contributed by atoms with van der Waals surface area (Å²) in [7, 11) is 2.10. The molecule has 1 aromatic heterocycles. The van der Waals surface area contributed by atoms with Gasteiger partial charge >= 0.3 is 0 Å². The fourth-order valence-electron chi connectivity index (χ4n) is 2.08. The first-order valence-corrected chi connectivity index (χ1v) is 6.31. The normalized spacial score (nSPS) is 21.1. The Kier molecular flexibility index (Phi) is 4.52. The number of ether oxygens (including phenoxy) is 1. The number of hydrogen-bond donors (Lipinski definition) is 2. The predicted molar refractivity (Wildman–Crippen MR) is 69.6 cm³/mol. The largest absolute Gasteiger partial charge is 0.506 e. The first-order valence-electron chi connectivity index (χ1n) is 6.31. The number of nitrogens with zero attached hydrogens (tertiary/aromatic N) is 2. The van der Waals surface area contributed by atoms with Gasteiger partial charge in [-0.25, -0.2) is 0 Å². The topological polar surface area (TPSA) is 57.6 Å². The summed E-state index contributed by atoms with van der Waals surface area (Å²) in [6, 6.07) is 3.49. The van der Waals surface area contributed by atoms with Crippen LogP contribution in [0.3, 0.4) is 0 Å². The van der Waals surface area contributed by atoms with Gasteiger partial charge in [-0.1, -0.05) is 0 Å². The van der Waals surface area contributed by atoms with Crippen LogP contribution in [0.4, 0.5) is 0 Å². The molecule has 5 nitrogen and oxygen atoms in total. The highest BCUT2D eigenvalue weighted by molar-refractivity contribution is 5.27. The first-order chi connectivity index (χ1) is 8.65. The van der Waals surface area contributed by atoms with Gasteiger partial charge in [0.25, 0.3) is 0 Å². The zero-order chi connectivity index (χ0) is 13.0. The van der Waals surface area contributed by atoms with Gasteiger partial charge in [0, 0.05) is 31.9 Å². The zero-order valence-electron chi connectivity index (χ0n) is 11.0. The Hall–Kier alpha value is -1.17. The second-order valence-corrected chi connectivity index (χ2v) is 4.80. The Morgan fingerprint density at radius 3 is 3.17 bits per heavy atom. The van der Waals surface area contributed by atoms with Gasteiger partial charge in [-0.15, -0.1) is 0 Å². The van der Waals surface area contributed by atoms with Gasteiger partial charge in [0.15, 0.2) is 0 Å². The maximum atomic E-state index is 9.67. The van der Waals surface area contributed by atoms with Crippen LogP contribution < -0.4 is 5.32 Å². The quantitative estimate of drug-likeness (QED) is 0.817. The van der Waals surface area contributed by atoms with E-state index < -0.39 is 0 Å². The van der Waals surface area contributed by atoms with E-state index in [1.165, 1.54) is 0 Å². The van der Waals surface area contributed by atoms with Crippen molar-refractivity contribution in [1.29, 1.82) is 0 Å². The van der Waals surface area contributed by atoms with Crippen LogP contribution in [-0.4, -0.2) is 54.4 Å². The first kappa shape index (κ1) is 13.3. The van der Waals surface area contributed by atoms with Crippen molar-refractivity contribution in [1.82, 2.24) is 15.2 Å². The van der Waals surface area contributed by atoms with Gasteiger partial charge in [0.2, 0.25) is 0 Å². The minimum absolute atomic E-state index is 0.218. The van der Waals surface area contributed by atoms with Gasteiger partial charge < -0.3 is 20.1 Å². The second kappa shape index (κ2) is 6.13. The van der Waals surface area contributed by atoms with E-state index in [2.05, 4.69) is 22.2 Å². The molecular formula is C13H21N3O2. The molecule has 18 heavy (non-hydrogen) atoms. The molecule has 1 saturated heterocycles. The molecule has 2 N–H and O–H groups in total. The Morgan fingerprint density at radius 1 is 1.56 bits per heavy atom. The van der Waals surface area contributed by atoms with Gasteiger partial charge in [-0.05, 0) is 26.1 Å². The van der Waals surface area contributed by atoms with E-state index in [1.54, 1.807) is 12.1 Å². The van der Waals surface area contributed by atoms with Crippen molar-refractivity contribution in [2.75, 3.05) is 33.3 Å². The average Bonchev–Trinajstić information content (AvgIpc) is 2.34. The molecule has 0 saturated carbocycles. The minimum atomic E-state index is 0.218. The summed E-state index contributed by atoms with van der Waals surface area (Å²) >= 11 is 0. The highest BCUT2D eigenvalue weighted by Gasteiger charge is 2.17. The molecule has 0 unspecified atom stereocenters. The molecule has 0 spiro atoms. The maximum absolute atomic E-state index is 9.67. The molecule has 0 aliphatic carbocycles. The van der Waals surface area contributed by atoms with Crippen LogP contribution in [0.1, 0.15) is 11.4 Å². The molecule has 0 bridgehead atoms. The zero-order valence-corrected chi connectivity index (χ0v) is 11.0. The Morgan fingerprint density at radius 2 is 2.39 bits per heavy atom. The summed E-state index contributed by atoms with van der Waals surface area (Å²) < 4.78 is 5.65. The summed E-state index contributed by atoms with van der Waals surface area (Å²) in [4.78, 5) is 6.57. The number of aryl methyl sites for hydroxylation is 1. The van der Waals surface area contributed by atoms with Crippen molar-refractivity contribution in [2.24, 2.45) is 0 Å². The monoisotopic (exact) mass is 251 g/mol. The Balaban J connectivity index is 1.79. The van der Waals surface area contributed by atoms with E-state index >= 15 is 0 Å². The third-order valence-corrected chi connectivity index (χ3v) is 3.10. The molecule has 1 aliphatic heterocycles. The predicted octanol–water partition coefficient (Wildman–Crippen LogP) is 0.516. The standard InChI is InChI=1S/C13H21N3O2/c1-10-3-4-13(17)12(15-10)8-14-7-11-9-16(2)5-6-18-11/h3-4,11,14,17H,5-9H2,1-2H3/t11-/m0/s1. The highest BCUT2D eigenvalue weighted by Crippen LogP contribution is 2.14. The van der Waals surface area contributed by atoms with Gasteiger partial charge in [0.05, 0.1) is 18.4 Å². The lowest BCUT2D eigenvalue weighted by atomic mass is 10.2. The highest BCUT2D eigenvalue weighted by atomic mass is 16.5. The average molecular weight is 251 g/mol. The van der Waals surface area contributed by atoms with Crippen molar-refractivity contribution in [3.8, 4) is 5.75 Å². The van der Waals surface area contributed by atoms with Crippen molar-refractivity contribution >= 4 is 0 Å². The number of rotatable bonds is 4. The number of pyridine rings is 1.